The monoisotopic (exact) mass is 514 g/mol. The molecule has 0 atom stereocenters. The van der Waals surface area contributed by atoms with Crippen molar-refractivity contribution in [2.45, 2.75) is 44.2 Å². The highest BCUT2D eigenvalue weighted by Crippen LogP contribution is 2.59. The predicted octanol–water partition coefficient (Wildman–Crippen LogP) is 4.68. The number of nitrogens with one attached hydrogen (secondary N) is 1. The lowest BCUT2D eigenvalue weighted by atomic mass is 10.0. The molecule has 1 amide bonds. The van der Waals surface area contributed by atoms with E-state index >= 15 is 0 Å². The molecular formula is C25H22F4N6O2. The number of alkyl halides is 3. The predicted molar refractivity (Wildman–Crippen MR) is 124 cm³/mol. The molecule has 0 radical (unpaired) electrons. The first-order chi connectivity index (χ1) is 17.6. The van der Waals surface area contributed by atoms with Crippen LogP contribution in [-0.2, 0) is 30.1 Å². The highest BCUT2D eigenvalue weighted by Gasteiger charge is 2.66. The zero-order valence-electron chi connectivity index (χ0n) is 19.9. The molecule has 0 spiro atoms. The van der Waals surface area contributed by atoms with Crippen LogP contribution in [0.1, 0.15) is 41.2 Å². The Bertz CT molecular complexity index is 1450. The Kier molecular flexibility index (Phi) is 6.04. The first kappa shape index (κ1) is 24.6. The number of carbonyl (C=O) groups excluding carboxylic acids is 1. The van der Waals surface area contributed by atoms with Gasteiger partial charge in [-0.15, -0.1) is 0 Å². The molecule has 1 aliphatic rings. The summed E-state index contributed by atoms with van der Waals surface area (Å²) < 4.78 is 61.1. The van der Waals surface area contributed by atoms with E-state index < -0.39 is 23.3 Å². The number of benzene rings is 1. The van der Waals surface area contributed by atoms with Crippen LogP contribution in [0.25, 0.3) is 11.1 Å². The van der Waals surface area contributed by atoms with Crippen LogP contribution in [0.3, 0.4) is 0 Å². The molecule has 0 unspecified atom stereocenters. The lowest BCUT2D eigenvalue weighted by molar-refractivity contribution is -0.165. The topological polar surface area (TPSA) is 98.7 Å². The number of anilines is 1. The molecule has 3 heterocycles. The molecule has 12 heteroatoms. The quantitative estimate of drug-likeness (QED) is 0.360. The number of rotatable bonds is 7. The van der Waals surface area contributed by atoms with E-state index in [9.17, 15) is 22.4 Å². The van der Waals surface area contributed by atoms with Crippen molar-refractivity contribution < 1.29 is 26.9 Å². The normalized spacial score (nSPS) is 14.5. The van der Waals surface area contributed by atoms with Crippen LogP contribution in [0, 0.1) is 12.7 Å². The number of carbonyl (C=O) groups is 1. The van der Waals surface area contributed by atoms with Crippen LogP contribution in [0.2, 0.25) is 0 Å². The van der Waals surface area contributed by atoms with Crippen molar-refractivity contribution in [1.29, 1.82) is 0 Å². The molecule has 37 heavy (non-hydrogen) atoms. The van der Waals surface area contributed by atoms with E-state index in [2.05, 4.69) is 25.5 Å². The third-order valence-corrected chi connectivity index (χ3v) is 6.67. The summed E-state index contributed by atoms with van der Waals surface area (Å²) in [5.74, 6) is -1.13. The van der Waals surface area contributed by atoms with Gasteiger partial charge in [0.1, 0.15) is 17.1 Å². The maximum absolute atomic E-state index is 14.8. The van der Waals surface area contributed by atoms with E-state index in [4.69, 9.17) is 4.52 Å². The van der Waals surface area contributed by atoms with Gasteiger partial charge in [-0.2, -0.15) is 18.3 Å². The van der Waals surface area contributed by atoms with Gasteiger partial charge in [-0.1, -0.05) is 17.3 Å². The lowest BCUT2D eigenvalue weighted by Gasteiger charge is -2.14. The van der Waals surface area contributed by atoms with Crippen molar-refractivity contribution in [3.05, 3.63) is 77.1 Å². The van der Waals surface area contributed by atoms with E-state index in [1.165, 1.54) is 12.1 Å². The van der Waals surface area contributed by atoms with Crippen molar-refractivity contribution in [1.82, 2.24) is 24.9 Å². The number of halogens is 4. The minimum atomic E-state index is -4.46. The van der Waals surface area contributed by atoms with E-state index in [1.807, 2.05) is 14.0 Å². The molecule has 0 saturated heterocycles. The zero-order chi connectivity index (χ0) is 26.4. The maximum atomic E-state index is 14.8. The fourth-order valence-electron chi connectivity index (χ4n) is 4.07. The van der Waals surface area contributed by atoms with E-state index in [-0.39, 0.29) is 36.4 Å². The van der Waals surface area contributed by atoms with Gasteiger partial charge in [0.05, 0.1) is 12.6 Å². The van der Waals surface area contributed by atoms with Gasteiger partial charge >= 0.3 is 6.18 Å². The maximum Gasteiger partial charge on any atom is 0.401 e. The van der Waals surface area contributed by atoms with E-state index in [1.54, 1.807) is 29.3 Å². The molecular weight excluding hydrogens is 492 g/mol. The van der Waals surface area contributed by atoms with Crippen LogP contribution in [0.4, 0.5) is 23.4 Å². The molecule has 1 aliphatic carbocycles. The molecule has 192 valence electrons. The second-order valence-corrected chi connectivity index (χ2v) is 9.13. The third kappa shape index (κ3) is 4.83. The zero-order valence-corrected chi connectivity index (χ0v) is 19.9. The highest BCUT2D eigenvalue weighted by molar-refractivity contribution is 5.91. The molecule has 0 aliphatic heterocycles. The van der Waals surface area contributed by atoms with Crippen LogP contribution in [0.15, 0.2) is 47.4 Å². The Morgan fingerprint density at radius 1 is 1.11 bits per heavy atom. The van der Waals surface area contributed by atoms with Gasteiger partial charge in [-0.05, 0) is 37.0 Å². The van der Waals surface area contributed by atoms with Gasteiger partial charge in [-0.25, -0.2) is 14.4 Å². The average Bonchev–Trinajstić information content (AvgIpc) is 3.47. The van der Waals surface area contributed by atoms with Crippen molar-refractivity contribution in [2.24, 2.45) is 7.05 Å². The fourth-order valence-corrected chi connectivity index (χ4v) is 4.07. The van der Waals surface area contributed by atoms with Crippen LogP contribution < -0.4 is 5.32 Å². The highest BCUT2D eigenvalue weighted by atomic mass is 19.4. The fraction of sp³-hybridized carbons (Fsp3) is 0.320. The van der Waals surface area contributed by atoms with Gasteiger partial charge in [-0.3, -0.25) is 9.48 Å². The molecule has 1 saturated carbocycles. The molecule has 3 aromatic heterocycles. The number of amides is 1. The molecule has 8 nitrogen and oxygen atoms in total. The number of hydrogen-bond acceptors (Lipinski definition) is 6. The Morgan fingerprint density at radius 3 is 2.43 bits per heavy atom. The minimum Gasteiger partial charge on any atom is -0.358 e. The van der Waals surface area contributed by atoms with Gasteiger partial charge in [0.25, 0.3) is 0 Å². The minimum absolute atomic E-state index is 0.0887. The average molecular weight is 514 g/mol. The first-order valence-electron chi connectivity index (χ1n) is 11.5. The summed E-state index contributed by atoms with van der Waals surface area (Å²) in [4.78, 5) is 21.1. The lowest BCUT2D eigenvalue weighted by Crippen LogP contribution is -2.28. The second kappa shape index (κ2) is 9.09. The van der Waals surface area contributed by atoms with Gasteiger partial charge in [0, 0.05) is 48.7 Å². The smallest absolute Gasteiger partial charge is 0.358 e. The summed E-state index contributed by atoms with van der Waals surface area (Å²) in [5, 5.41) is 10.1. The second-order valence-electron chi connectivity index (χ2n) is 9.13. The SMILES string of the molecule is Cc1c(Cc2ncc(-c3ccc(CC(=O)Nc4cc(C5(C(F)(F)F)CC5)on4)c(F)c3)cn2)cnn1C. The summed E-state index contributed by atoms with van der Waals surface area (Å²) in [6, 6.07) is 5.45. The summed E-state index contributed by atoms with van der Waals surface area (Å²) in [5.41, 5.74) is 1.25. The van der Waals surface area contributed by atoms with E-state index in [0.29, 0.717) is 23.4 Å². The van der Waals surface area contributed by atoms with E-state index in [0.717, 1.165) is 17.3 Å². The summed E-state index contributed by atoms with van der Waals surface area (Å²) in [6.07, 6.45) is 0.525. The van der Waals surface area contributed by atoms with Crippen LogP contribution in [0.5, 0.6) is 0 Å². The van der Waals surface area contributed by atoms with Gasteiger partial charge in [0.15, 0.2) is 11.6 Å². The molecule has 1 aromatic carbocycles. The van der Waals surface area contributed by atoms with Crippen LogP contribution >= 0.6 is 0 Å². The third-order valence-electron chi connectivity index (χ3n) is 6.67. The van der Waals surface area contributed by atoms with Crippen molar-refractivity contribution in [2.75, 3.05) is 5.32 Å². The van der Waals surface area contributed by atoms with Crippen LogP contribution in [-0.4, -0.2) is 37.0 Å². The molecule has 5 rings (SSSR count). The standard InChI is InChI=1S/C25H22F4N6O2/c1-14-17(13-32-35(14)2)8-21-30-11-18(12-31-21)15-3-4-16(19(26)7-15)9-23(36)33-22-10-20(37-34-22)24(5-6-24)25(27,28)29/h3-4,7,10-13H,5-6,8-9H2,1-2H3,(H,33,34,36). The number of aromatic nitrogens is 5. The number of nitrogens with zero attached hydrogens (tertiary/aromatic N) is 5. The first-order valence-corrected chi connectivity index (χ1v) is 11.5. The number of aryl methyl sites for hydroxylation is 1. The molecule has 4 aromatic rings. The largest absolute Gasteiger partial charge is 0.401 e. The Labute approximate surface area is 208 Å². The molecule has 0 bridgehead atoms. The Morgan fingerprint density at radius 2 is 1.84 bits per heavy atom. The Balaban J connectivity index is 1.22. The Hall–Kier alpha value is -4.09. The summed E-state index contributed by atoms with van der Waals surface area (Å²) >= 11 is 0. The van der Waals surface area contributed by atoms with Crippen molar-refractivity contribution in [3.63, 3.8) is 0 Å². The molecule has 1 fully saturated rings. The van der Waals surface area contributed by atoms with Crippen molar-refractivity contribution in [3.8, 4) is 11.1 Å². The summed E-state index contributed by atoms with van der Waals surface area (Å²) in [6.45, 7) is 1.96. The van der Waals surface area contributed by atoms with Gasteiger partial charge in [0.2, 0.25) is 5.91 Å². The molecule has 1 N–H and O–H groups in total. The number of hydrogen-bond donors (Lipinski definition) is 1. The van der Waals surface area contributed by atoms with Crippen molar-refractivity contribution >= 4 is 11.7 Å². The van der Waals surface area contributed by atoms with Gasteiger partial charge < -0.3 is 9.84 Å². The summed E-state index contributed by atoms with van der Waals surface area (Å²) in [7, 11) is 1.86.